The highest BCUT2D eigenvalue weighted by Gasteiger charge is 2.56. The molecular weight excluding hydrogens is 890 g/mol. The molecule has 2 aromatic carbocycles. The monoisotopic (exact) mass is 945 g/mol. The zero-order valence-corrected chi connectivity index (χ0v) is 40.0. The average Bonchev–Trinajstić information content (AvgIpc) is 4.09. The number of hydrogen-bond acceptors (Lipinski definition) is 11. The van der Waals surface area contributed by atoms with Gasteiger partial charge in [-0.2, -0.15) is 0 Å². The molecule has 4 aliphatic rings. The fourth-order valence-electron chi connectivity index (χ4n) is 10.5. The Morgan fingerprint density at radius 1 is 0.897 bits per heavy atom. The van der Waals surface area contributed by atoms with Gasteiger partial charge < -0.3 is 39.3 Å². The Morgan fingerprint density at radius 3 is 2.34 bits per heavy atom. The number of esters is 1. The minimum Gasteiger partial charge on any atom is -0.469 e. The number of hydrogen-bond donors (Lipinski definition) is 3. The van der Waals surface area contributed by atoms with Gasteiger partial charge in [0.2, 0.25) is 18.0 Å². The number of H-pyrrole nitrogens is 2. The molecule has 0 spiro atoms. The van der Waals surface area contributed by atoms with Gasteiger partial charge in [0, 0.05) is 35.3 Å². The van der Waals surface area contributed by atoms with E-state index < -0.39 is 36.1 Å². The lowest BCUT2D eigenvalue weighted by Crippen LogP contribution is -2.51. The van der Waals surface area contributed by atoms with Gasteiger partial charge in [0.1, 0.15) is 29.3 Å². The van der Waals surface area contributed by atoms with Crippen LogP contribution in [0.2, 0.25) is 0 Å². The molecule has 0 radical (unpaired) electrons. The first-order valence-electron chi connectivity index (χ1n) is 23.5. The molecule has 7 atom stereocenters. The molecular formula is C50H56FN9O7S. The molecule has 3 amide bonds. The number of carbonyl (C=O) groups excluding carboxylic acids is 4. The molecule has 10 rings (SSSR count). The van der Waals surface area contributed by atoms with Gasteiger partial charge in [-0.1, -0.05) is 40.7 Å². The number of aromatic nitrogens is 6. The number of aromatic amines is 2. The predicted molar refractivity (Wildman–Crippen MR) is 252 cm³/mol. The van der Waals surface area contributed by atoms with Gasteiger partial charge in [0.15, 0.2) is 0 Å². The summed E-state index contributed by atoms with van der Waals surface area (Å²) in [6, 6.07) is 10.2. The molecule has 1 aliphatic carbocycles. The van der Waals surface area contributed by atoms with Crippen LogP contribution in [0.4, 0.5) is 9.18 Å². The maximum Gasteiger partial charge on any atom is 0.407 e. The van der Waals surface area contributed by atoms with Crippen molar-refractivity contribution in [3.05, 3.63) is 82.3 Å². The Labute approximate surface area is 397 Å². The smallest absolute Gasteiger partial charge is 0.407 e. The summed E-state index contributed by atoms with van der Waals surface area (Å²) in [4.78, 5) is 78.0. The van der Waals surface area contributed by atoms with Crippen molar-refractivity contribution in [2.24, 2.45) is 23.7 Å². The second kappa shape index (κ2) is 17.8. The minimum atomic E-state index is -0.772. The largest absolute Gasteiger partial charge is 0.469 e. The molecule has 356 valence electrons. The van der Waals surface area contributed by atoms with Crippen LogP contribution in [0.1, 0.15) is 107 Å². The van der Waals surface area contributed by atoms with Crippen molar-refractivity contribution >= 4 is 46.1 Å². The average molecular weight is 946 g/mol. The maximum atomic E-state index is 16.9. The van der Waals surface area contributed by atoms with Crippen LogP contribution in [0.3, 0.4) is 0 Å². The van der Waals surface area contributed by atoms with E-state index in [0.717, 1.165) is 57.7 Å². The highest BCUT2D eigenvalue weighted by molar-refractivity contribution is 7.11. The third-order valence-corrected chi connectivity index (χ3v) is 15.4. The first kappa shape index (κ1) is 45.2. The third kappa shape index (κ3) is 7.99. The van der Waals surface area contributed by atoms with E-state index in [9.17, 15) is 19.2 Å². The van der Waals surface area contributed by atoms with Gasteiger partial charge in [-0.15, -0.1) is 11.3 Å². The number of thiazole rings is 1. The van der Waals surface area contributed by atoms with Crippen LogP contribution in [-0.4, -0.2) is 96.0 Å². The molecule has 16 nitrogen and oxygen atoms in total. The van der Waals surface area contributed by atoms with E-state index in [4.69, 9.17) is 24.2 Å². The third-order valence-electron chi connectivity index (χ3n) is 14.2. The van der Waals surface area contributed by atoms with Crippen molar-refractivity contribution in [1.82, 2.24) is 44.6 Å². The van der Waals surface area contributed by atoms with Crippen molar-refractivity contribution in [2.75, 3.05) is 20.8 Å². The molecule has 0 bridgehead atoms. The normalized spacial score (nSPS) is 21.4. The van der Waals surface area contributed by atoms with Crippen molar-refractivity contribution in [3.63, 3.8) is 0 Å². The van der Waals surface area contributed by atoms with E-state index in [1.165, 1.54) is 20.3 Å². The van der Waals surface area contributed by atoms with Gasteiger partial charge in [-0.3, -0.25) is 19.0 Å². The summed E-state index contributed by atoms with van der Waals surface area (Å²) in [5.74, 6) is 0.245. The molecule has 2 saturated heterocycles. The lowest BCUT2D eigenvalue weighted by Gasteiger charge is -2.31. The number of methoxy groups -OCH3 is 2. The highest BCUT2D eigenvalue weighted by Crippen LogP contribution is 2.54. The molecule has 4 aromatic heterocycles. The highest BCUT2D eigenvalue weighted by atomic mass is 32.1. The number of amides is 3. The van der Waals surface area contributed by atoms with Crippen LogP contribution in [0, 0.1) is 29.5 Å². The predicted octanol–water partition coefficient (Wildman–Crippen LogP) is 8.73. The van der Waals surface area contributed by atoms with Gasteiger partial charge >= 0.3 is 12.1 Å². The molecule has 3 fully saturated rings. The van der Waals surface area contributed by atoms with Gasteiger partial charge in [0.05, 0.1) is 89.1 Å². The van der Waals surface area contributed by atoms with E-state index in [2.05, 4.69) is 33.3 Å². The summed E-state index contributed by atoms with van der Waals surface area (Å²) in [5.41, 5.74) is 4.59. The Hall–Kier alpha value is -6.56. The number of benzene rings is 2. The van der Waals surface area contributed by atoms with E-state index in [1.807, 2.05) is 67.6 Å². The van der Waals surface area contributed by atoms with Gasteiger partial charge in [-0.05, 0) is 80.2 Å². The number of nitrogens with zero attached hydrogens (tertiary/aromatic N) is 6. The SMILES string of the molecule is CCc1ncc(C2Oc3cc(-c4cnc([C@@H]5CCCN5C(=O)[C@@H](NC(=O)OC)C(C)C)[nH]4)cc(F)c3-c3cc4cc(-c5cnc([C@@H]6C[C@H]7C[C@H]7N6C(=O)[C@@H](CC(=O)OC)C(C)C)[nH]5)ccc4n32)s1. The van der Waals surface area contributed by atoms with E-state index in [0.29, 0.717) is 58.8 Å². The lowest BCUT2D eigenvalue weighted by atomic mass is 9.90. The van der Waals surface area contributed by atoms with E-state index in [1.54, 1.807) is 28.6 Å². The standard InChI is InChI=1S/C50H56FN9O7S/c1-8-41-52-23-40(68-41)49-60-34-12-11-26(32-21-54-46(55-32)38-18-29-16-36(29)59(38)47(62)30(24(2)3)20-42(61)65-6)14-28(34)17-37(60)43-31(51)15-27(19-39(43)67-49)33-22-53-45(56-33)35-10-9-13-58(35)48(63)44(25(4)5)57-50(64)66-7/h11-12,14-15,17,19,21-25,29-30,35-36,38,44,49H,8-10,13,16,18,20H2,1-7H3,(H,53,56)(H,54,55)(H,57,64)/t29-,30+,35+,36-,38+,44+,49?/m1/s1. The number of likely N-dealkylation sites (tertiary alicyclic amines) is 2. The van der Waals surface area contributed by atoms with Crippen LogP contribution in [-0.2, 0) is 30.3 Å². The first-order chi connectivity index (χ1) is 32.8. The number of rotatable bonds is 13. The summed E-state index contributed by atoms with van der Waals surface area (Å²) in [6.45, 7) is 10.2. The number of fused-ring (bicyclic) bond motifs is 6. The van der Waals surface area contributed by atoms with E-state index in [-0.39, 0.29) is 48.2 Å². The Kier molecular flexibility index (Phi) is 11.9. The van der Waals surface area contributed by atoms with Crippen LogP contribution < -0.4 is 10.1 Å². The minimum absolute atomic E-state index is 0.0340. The topological polar surface area (TPSA) is 190 Å². The summed E-state index contributed by atoms with van der Waals surface area (Å²) in [5, 5.41) is 4.51. The molecule has 18 heteroatoms. The van der Waals surface area contributed by atoms with Gasteiger partial charge in [0.25, 0.3) is 0 Å². The van der Waals surface area contributed by atoms with Crippen LogP contribution >= 0.6 is 11.3 Å². The van der Waals surface area contributed by atoms with Crippen LogP contribution in [0.25, 0.3) is 44.7 Å². The quantitative estimate of drug-likeness (QED) is 0.0945. The molecule has 68 heavy (non-hydrogen) atoms. The lowest BCUT2D eigenvalue weighted by molar-refractivity contribution is -0.149. The molecule has 1 saturated carbocycles. The Balaban J connectivity index is 0.961. The second-order valence-corrected chi connectivity index (χ2v) is 20.2. The van der Waals surface area contributed by atoms with Crippen LogP contribution in [0.5, 0.6) is 5.75 Å². The number of piperidine rings is 1. The molecule has 7 heterocycles. The zero-order chi connectivity index (χ0) is 47.7. The summed E-state index contributed by atoms with van der Waals surface area (Å²) in [6.07, 6.45) is 7.96. The maximum absolute atomic E-state index is 16.9. The van der Waals surface area contributed by atoms with Crippen molar-refractivity contribution in [3.8, 4) is 39.5 Å². The Bertz CT molecular complexity index is 2940. The number of nitrogens with one attached hydrogen (secondary N) is 3. The van der Waals surface area contributed by atoms with Crippen molar-refractivity contribution in [2.45, 2.75) is 104 Å². The molecule has 3 N–H and O–H groups in total. The number of alkyl carbamates (subject to hydrolysis) is 1. The molecule has 1 unspecified atom stereocenters. The molecule has 6 aromatic rings. The fraction of sp³-hybridized carbons (Fsp3) is 0.460. The fourth-order valence-corrected chi connectivity index (χ4v) is 11.3. The Morgan fingerprint density at radius 2 is 1.65 bits per heavy atom. The number of imidazole rings is 2. The number of carbonyl (C=O) groups is 4. The summed E-state index contributed by atoms with van der Waals surface area (Å²) >= 11 is 1.56. The summed E-state index contributed by atoms with van der Waals surface area (Å²) in [7, 11) is 2.62. The van der Waals surface area contributed by atoms with Crippen LogP contribution in [0.15, 0.2) is 55.0 Å². The van der Waals surface area contributed by atoms with Crippen molar-refractivity contribution in [1.29, 1.82) is 0 Å². The second-order valence-electron chi connectivity index (χ2n) is 19.1. The summed E-state index contributed by atoms with van der Waals surface area (Å²) < 4.78 is 35.5. The molecule has 3 aliphatic heterocycles. The number of aryl methyl sites for hydroxylation is 1. The number of ether oxygens (including phenoxy) is 3. The van der Waals surface area contributed by atoms with Gasteiger partial charge in [-0.25, -0.2) is 24.1 Å². The van der Waals surface area contributed by atoms with Crippen molar-refractivity contribution < 1.29 is 37.8 Å². The zero-order valence-electron chi connectivity index (χ0n) is 39.2. The first-order valence-corrected chi connectivity index (χ1v) is 24.3. The van der Waals surface area contributed by atoms with E-state index >= 15 is 4.39 Å². The number of halogens is 1.